The number of ketones is 1. The van der Waals surface area contributed by atoms with Gasteiger partial charge in [-0.3, -0.25) is 9.59 Å². The van der Waals surface area contributed by atoms with Crippen LogP contribution in [0.15, 0.2) is 35.1 Å². The fraction of sp³-hybridized carbons (Fsp3) is 0.263. The SMILES string of the molecule is CCn1c(C)cc(C(=O)COC(=O)c2n[nH]c(=O)c3ccccc23)c1C. The molecule has 7 heteroatoms. The van der Waals surface area contributed by atoms with Gasteiger partial charge in [0.1, 0.15) is 0 Å². The van der Waals surface area contributed by atoms with Crippen LogP contribution in [0, 0.1) is 13.8 Å². The Hall–Kier alpha value is -3.22. The van der Waals surface area contributed by atoms with Gasteiger partial charge in [0.25, 0.3) is 5.56 Å². The molecule has 2 heterocycles. The second-order valence-electron chi connectivity index (χ2n) is 5.98. The minimum Gasteiger partial charge on any atom is -0.452 e. The Kier molecular flexibility index (Phi) is 4.71. The van der Waals surface area contributed by atoms with E-state index in [9.17, 15) is 14.4 Å². The molecule has 3 aromatic rings. The highest BCUT2D eigenvalue weighted by molar-refractivity contribution is 6.04. The van der Waals surface area contributed by atoms with Crippen molar-refractivity contribution in [3.05, 3.63) is 63.3 Å². The molecule has 0 amide bonds. The van der Waals surface area contributed by atoms with Gasteiger partial charge >= 0.3 is 5.97 Å². The molecular weight excluding hydrogens is 334 g/mol. The number of aryl methyl sites for hydroxylation is 1. The van der Waals surface area contributed by atoms with Gasteiger partial charge in [-0.1, -0.05) is 18.2 Å². The number of H-pyrrole nitrogens is 1. The van der Waals surface area contributed by atoms with Gasteiger partial charge in [0, 0.05) is 28.9 Å². The van der Waals surface area contributed by atoms with Crippen LogP contribution in [0.2, 0.25) is 0 Å². The standard InChI is InChI=1S/C19H19N3O4/c1-4-22-11(2)9-15(12(22)3)16(23)10-26-19(25)17-13-7-5-6-8-14(13)18(24)21-20-17/h5-9H,4,10H2,1-3H3,(H,21,24). The van der Waals surface area contributed by atoms with Crippen LogP contribution < -0.4 is 5.56 Å². The molecular formula is C19H19N3O4. The topological polar surface area (TPSA) is 94.0 Å². The van der Waals surface area contributed by atoms with Crippen LogP contribution in [0.1, 0.15) is 39.2 Å². The van der Waals surface area contributed by atoms with Gasteiger partial charge in [0.05, 0.1) is 5.39 Å². The monoisotopic (exact) mass is 353 g/mol. The average Bonchev–Trinajstić information content (AvgIpc) is 2.93. The minimum atomic E-state index is -0.755. The molecule has 1 aromatic carbocycles. The molecule has 0 saturated heterocycles. The van der Waals surface area contributed by atoms with E-state index in [4.69, 9.17) is 4.74 Å². The summed E-state index contributed by atoms with van der Waals surface area (Å²) in [5.74, 6) is -1.03. The van der Waals surface area contributed by atoms with Crippen LogP contribution in [-0.2, 0) is 11.3 Å². The zero-order chi connectivity index (χ0) is 18.8. The van der Waals surface area contributed by atoms with Crippen molar-refractivity contribution in [3.63, 3.8) is 0 Å². The van der Waals surface area contributed by atoms with E-state index in [1.807, 2.05) is 25.3 Å². The van der Waals surface area contributed by atoms with E-state index in [0.717, 1.165) is 17.9 Å². The molecule has 0 aliphatic carbocycles. The number of esters is 1. The average molecular weight is 353 g/mol. The molecule has 7 nitrogen and oxygen atoms in total. The predicted molar refractivity (Wildman–Crippen MR) is 96.6 cm³/mol. The number of aromatic nitrogens is 3. The number of benzene rings is 1. The first-order valence-electron chi connectivity index (χ1n) is 8.28. The van der Waals surface area contributed by atoms with Crippen LogP contribution in [0.25, 0.3) is 10.8 Å². The normalized spacial score (nSPS) is 10.9. The maximum absolute atomic E-state index is 12.4. The van der Waals surface area contributed by atoms with Gasteiger partial charge in [0.15, 0.2) is 12.3 Å². The number of carbonyl (C=O) groups excluding carboxylic acids is 2. The summed E-state index contributed by atoms with van der Waals surface area (Å²) in [5, 5.41) is 6.78. The lowest BCUT2D eigenvalue weighted by atomic mass is 10.1. The van der Waals surface area contributed by atoms with Crippen LogP contribution in [0.5, 0.6) is 0 Å². The van der Waals surface area contributed by atoms with E-state index in [1.165, 1.54) is 0 Å². The Morgan fingerprint density at radius 3 is 2.54 bits per heavy atom. The van der Waals surface area contributed by atoms with Crippen LogP contribution in [0.4, 0.5) is 0 Å². The number of ether oxygens (including phenoxy) is 1. The van der Waals surface area contributed by atoms with Crippen molar-refractivity contribution in [2.75, 3.05) is 6.61 Å². The molecule has 0 spiro atoms. The van der Waals surface area contributed by atoms with E-state index >= 15 is 0 Å². The number of Topliss-reactive ketones (excluding diaryl/α,β-unsaturated/α-hetero) is 1. The van der Waals surface area contributed by atoms with E-state index < -0.39 is 5.97 Å². The second kappa shape index (κ2) is 6.95. The molecule has 3 rings (SSSR count). The summed E-state index contributed by atoms with van der Waals surface area (Å²) in [6, 6.07) is 8.40. The third-order valence-corrected chi connectivity index (χ3v) is 4.41. The maximum Gasteiger partial charge on any atom is 0.359 e. The molecule has 0 aliphatic rings. The summed E-state index contributed by atoms with van der Waals surface area (Å²) in [5.41, 5.74) is 1.95. The summed E-state index contributed by atoms with van der Waals surface area (Å²) in [4.78, 5) is 36.6. The lowest BCUT2D eigenvalue weighted by Gasteiger charge is -2.07. The number of hydrogen-bond donors (Lipinski definition) is 1. The van der Waals surface area contributed by atoms with Gasteiger partial charge < -0.3 is 9.30 Å². The molecule has 26 heavy (non-hydrogen) atoms. The summed E-state index contributed by atoms with van der Waals surface area (Å²) in [7, 11) is 0. The smallest absolute Gasteiger partial charge is 0.359 e. The van der Waals surface area contributed by atoms with Crippen molar-refractivity contribution in [2.45, 2.75) is 27.3 Å². The first-order valence-corrected chi connectivity index (χ1v) is 8.28. The van der Waals surface area contributed by atoms with Gasteiger partial charge in [-0.15, -0.1) is 0 Å². The highest BCUT2D eigenvalue weighted by Crippen LogP contribution is 2.17. The minimum absolute atomic E-state index is 0.0213. The Balaban J connectivity index is 1.81. The van der Waals surface area contributed by atoms with Crippen molar-refractivity contribution >= 4 is 22.5 Å². The van der Waals surface area contributed by atoms with Crippen LogP contribution >= 0.6 is 0 Å². The molecule has 134 valence electrons. The first-order chi connectivity index (χ1) is 12.4. The number of hydrogen-bond acceptors (Lipinski definition) is 5. The fourth-order valence-corrected chi connectivity index (χ4v) is 3.12. The molecule has 0 bridgehead atoms. The Labute approximate surface area is 149 Å². The molecule has 0 saturated carbocycles. The van der Waals surface area contributed by atoms with Crippen molar-refractivity contribution in [3.8, 4) is 0 Å². The van der Waals surface area contributed by atoms with Crippen LogP contribution in [0.3, 0.4) is 0 Å². The maximum atomic E-state index is 12.4. The summed E-state index contributed by atoms with van der Waals surface area (Å²) >= 11 is 0. The van der Waals surface area contributed by atoms with E-state index in [2.05, 4.69) is 10.2 Å². The number of nitrogens with zero attached hydrogens (tertiary/aromatic N) is 2. The molecule has 2 aromatic heterocycles. The summed E-state index contributed by atoms with van der Waals surface area (Å²) in [6.07, 6.45) is 0. The molecule has 0 unspecified atom stereocenters. The number of aromatic amines is 1. The highest BCUT2D eigenvalue weighted by Gasteiger charge is 2.19. The van der Waals surface area contributed by atoms with E-state index in [0.29, 0.717) is 16.3 Å². The molecule has 0 aliphatic heterocycles. The number of rotatable bonds is 5. The number of nitrogens with one attached hydrogen (secondary N) is 1. The molecule has 0 radical (unpaired) electrons. The van der Waals surface area contributed by atoms with Gasteiger partial charge in [-0.2, -0.15) is 5.10 Å². The third kappa shape index (κ3) is 3.03. The summed E-state index contributed by atoms with van der Waals surface area (Å²) in [6.45, 7) is 6.17. The zero-order valence-corrected chi connectivity index (χ0v) is 14.8. The number of fused-ring (bicyclic) bond motifs is 1. The summed E-state index contributed by atoms with van der Waals surface area (Å²) < 4.78 is 7.17. The lowest BCUT2D eigenvalue weighted by Crippen LogP contribution is -2.19. The number of carbonyl (C=O) groups is 2. The van der Waals surface area contributed by atoms with Crippen molar-refractivity contribution < 1.29 is 14.3 Å². The first kappa shape index (κ1) is 17.6. The lowest BCUT2D eigenvalue weighted by molar-refractivity contribution is 0.0469. The second-order valence-corrected chi connectivity index (χ2v) is 5.98. The van der Waals surface area contributed by atoms with Gasteiger partial charge in [-0.25, -0.2) is 9.89 Å². The van der Waals surface area contributed by atoms with Crippen molar-refractivity contribution in [2.24, 2.45) is 0 Å². The van der Waals surface area contributed by atoms with E-state index in [1.54, 1.807) is 30.3 Å². The third-order valence-electron chi connectivity index (χ3n) is 4.41. The highest BCUT2D eigenvalue weighted by atomic mass is 16.5. The fourth-order valence-electron chi connectivity index (χ4n) is 3.12. The zero-order valence-electron chi connectivity index (χ0n) is 14.8. The van der Waals surface area contributed by atoms with Gasteiger partial charge in [0.2, 0.25) is 5.78 Å². The predicted octanol–water partition coefficient (Wildman–Crippen LogP) is 2.40. The van der Waals surface area contributed by atoms with Gasteiger partial charge in [-0.05, 0) is 32.9 Å². The van der Waals surface area contributed by atoms with Crippen LogP contribution in [-0.4, -0.2) is 33.1 Å². The van der Waals surface area contributed by atoms with Crippen molar-refractivity contribution in [1.29, 1.82) is 0 Å². The Morgan fingerprint density at radius 2 is 1.88 bits per heavy atom. The van der Waals surface area contributed by atoms with E-state index in [-0.39, 0.29) is 23.6 Å². The largest absolute Gasteiger partial charge is 0.452 e. The molecule has 1 N–H and O–H groups in total. The quantitative estimate of drug-likeness (QED) is 0.561. The van der Waals surface area contributed by atoms with Crippen molar-refractivity contribution in [1.82, 2.24) is 14.8 Å². The Bertz CT molecular complexity index is 1060. The molecule has 0 atom stereocenters. The Morgan fingerprint density at radius 1 is 1.19 bits per heavy atom. The molecule has 0 fully saturated rings.